The third-order valence-electron chi connectivity index (χ3n) is 1.59. The fourth-order valence-electron chi connectivity index (χ4n) is 0.980. The van der Waals surface area contributed by atoms with Gasteiger partial charge in [0.15, 0.2) is 5.82 Å². The number of nitrogens with zero attached hydrogens (tertiary/aromatic N) is 3. The molecule has 0 fully saturated rings. The summed E-state index contributed by atoms with van der Waals surface area (Å²) in [5.74, 6) is 1.15. The number of hydrogen-bond acceptors (Lipinski definition) is 4. The molecule has 8 heteroatoms. The number of rotatable bonds is 4. The number of hydrogen-bond donors (Lipinski definition) is 1. The quantitative estimate of drug-likeness (QED) is 0.850. The van der Waals surface area contributed by atoms with Crippen LogP contribution in [0.25, 0.3) is 0 Å². The van der Waals surface area contributed by atoms with Crippen molar-refractivity contribution >= 4 is 56.7 Å². The van der Waals surface area contributed by atoms with Gasteiger partial charge in [-0.05, 0) is 6.92 Å². The van der Waals surface area contributed by atoms with Gasteiger partial charge in [0.2, 0.25) is 9.74 Å². The second-order valence-electron chi connectivity index (χ2n) is 2.87. The predicted octanol–water partition coefficient (Wildman–Crippen LogP) is 3.07. The highest BCUT2D eigenvalue weighted by atomic mass is 79.9. The highest BCUT2D eigenvalue weighted by Gasteiger charge is 2.28. The number of aryl methyl sites for hydroxylation is 1. The Morgan fingerprint density at radius 2 is 1.94 bits per heavy atom. The van der Waals surface area contributed by atoms with Gasteiger partial charge in [-0.25, -0.2) is 4.98 Å². The van der Waals surface area contributed by atoms with Gasteiger partial charge in [-0.2, -0.15) is 9.97 Å². The van der Waals surface area contributed by atoms with Crippen molar-refractivity contribution in [1.82, 2.24) is 15.0 Å². The molecule has 90 valence electrons. The first-order valence-electron chi connectivity index (χ1n) is 4.59. The molecule has 1 aromatic rings. The lowest BCUT2D eigenvalue weighted by Gasteiger charge is -2.12. The smallest absolute Gasteiger partial charge is 0.250 e. The van der Waals surface area contributed by atoms with E-state index in [4.69, 9.17) is 34.8 Å². The van der Waals surface area contributed by atoms with Crippen molar-refractivity contribution in [3.63, 3.8) is 0 Å². The molecule has 1 aromatic heterocycles. The van der Waals surface area contributed by atoms with Crippen LogP contribution in [0.5, 0.6) is 0 Å². The van der Waals surface area contributed by atoms with Crippen LogP contribution in [0, 0.1) is 0 Å². The number of halogens is 4. The number of anilines is 1. The highest BCUT2D eigenvalue weighted by Crippen LogP contribution is 2.36. The monoisotopic (exact) mass is 346 g/mol. The first-order chi connectivity index (χ1) is 7.47. The van der Waals surface area contributed by atoms with E-state index in [1.54, 1.807) is 0 Å². The van der Waals surface area contributed by atoms with Crippen LogP contribution in [0.3, 0.4) is 0 Å². The average Bonchev–Trinajstić information content (AvgIpc) is 2.17. The lowest BCUT2D eigenvalue weighted by Crippen LogP contribution is -2.15. The average molecular weight is 348 g/mol. The SMILES string of the molecule is CCNc1nc(CCBr)nc(C(Cl)(Cl)Cl)n1. The molecular weight excluding hydrogens is 338 g/mol. The normalized spacial score (nSPS) is 11.6. The molecule has 0 aromatic carbocycles. The molecule has 0 unspecified atom stereocenters. The van der Waals surface area contributed by atoms with Crippen LogP contribution in [0.1, 0.15) is 18.6 Å². The van der Waals surface area contributed by atoms with E-state index in [-0.39, 0.29) is 5.82 Å². The van der Waals surface area contributed by atoms with Crippen molar-refractivity contribution in [3.8, 4) is 0 Å². The van der Waals surface area contributed by atoms with Crippen molar-refractivity contribution in [2.24, 2.45) is 0 Å². The molecule has 1 rings (SSSR count). The van der Waals surface area contributed by atoms with Crippen molar-refractivity contribution in [2.45, 2.75) is 17.1 Å². The fraction of sp³-hybridized carbons (Fsp3) is 0.625. The second kappa shape index (κ2) is 6.19. The molecule has 0 atom stereocenters. The Balaban J connectivity index is 3.08. The molecule has 0 amide bonds. The first kappa shape index (κ1) is 14.2. The summed E-state index contributed by atoms with van der Waals surface area (Å²) in [7, 11) is 0. The Morgan fingerprint density at radius 3 is 2.44 bits per heavy atom. The van der Waals surface area contributed by atoms with Crippen LogP contribution in [-0.4, -0.2) is 26.8 Å². The molecule has 1 N–H and O–H groups in total. The zero-order valence-corrected chi connectivity index (χ0v) is 12.3. The number of alkyl halides is 4. The zero-order valence-electron chi connectivity index (χ0n) is 8.47. The molecule has 0 radical (unpaired) electrons. The van der Waals surface area contributed by atoms with Crippen LogP contribution < -0.4 is 5.32 Å². The molecule has 0 spiro atoms. The molecule has 0 aliphatic heterocycles. The molecule has 0 bridgehead atoms. The summed E-state index contributed by atoms with van der Waals surface area (Å²) in [6.07, 6.45) is 0.647. The van der Waals surface area contributed by atoms with Crippen molar-refractivity contribution in [3.05, 3.63) is 11.6 Å². The third-order valence-corrected chi connectivity index (χ3v) is 2.49. The van der Waals surface area contributed by atoms with Gasteiger partial charge in [0.25, 0.3) is 0 Å². The molecule has 0 saturated carbocycles. The van der Waals surface area contributed by atoms with Crippen LogP contribution in [0.4, 0.5) is 5.95 Å². The standard InChI is InChI=1S/C8H10BrCl3N4/c1-2-13-7-15-5(3-4-9)14-6(16-7)8(10,11)12/h2-4H2,1H3,(H,13,14,15,16). The van der Waals surface area contributed by atoms with Crippen molar-refractivity contribution in [2.75, 3.05) is 17.2 Å². The van der Waals surface area contributed by atoms with E-state index in [1.165, 1.54) is 0 Å². The Bertz CT molecular complexity index is 331. The van der Waals surface area contributed by atoms with Gasteiger partial charge in [0.05, 0.1) is 0 Å². The lowest BCUT2D eigenvalue weighted by atomic mass is 10.4. The van der Waals surface area contributed by atoms with Gasteiger partial charge in [0, 0.05) is 18.3 Å². The van der Waals surface area contributed by atoms with E-state index in [1.807, 2.05) is 6.92 Å². The molecule has 1 heterocycles. The minimum Gasteiger partial charge on any atom is -0.354 e. The maximum atomic E-state index is 5.74. The minimum absolute atomic E-state index is 0.138. The largest absolute Gasteiger partial charge is 0.354 e. The van der Waals surface area contributed by atoms with E-state index in [2.05, 4.69) is 36.2 Å². The van der Waals surface area contributed by atoms with Gasteiger partial charge >= 0.3 is 0 Å². The van der Waals surface area contributed by atoms with Crippen LogP contribution in [-0.2, 0) is 10.2 Å². The van der Waals surface area contributed by atoms with E-state index < -0.39 is 3.79 Å². The van der Waals surface area contributed by atoms with Crippen LogP contribution in [0.2, 0.25) is 0 Å². The summed E-state index contributed by atoms with van der Waals surface area (Å²) in [6.45, 7) is 2.63. The van der Waals surface area contributed by atoms with E-state index in [0.717, 1.165) is 5.33 Å². The summed E-state index contributed by atoms with van der Waals surface area (Å²) < 4.78 is -1.63. The highest BCUT2D eigenvalue weighted by molar-refractivity contribution is 9.09. The summed E-state index contributed by atoms with van der Waals surface area (Å²) in [6, 6.07) is 0. The van der Waals surface area contributed by atoms with Crippen molar-refractivity contribution in [1.29, 1.82) is 0 Å². The van der Waals surface area contributed by atoms with Gasteiger partial charge in [-0.1, -0.05) is 50.7 Å². The topological polar surface area (TPSA) is 50.7 Å². The zero-order chi connectivity index (χ0) is 12.2. The molecule has 0 saturated heterocycles. The Labute approximate surface area is 117 Å². The Morgan fingerprint density at radius 1 is 1.25 bits per heavy atom. The van der Waals surface area contributed by atoms with E-state index in [0.29, 0.717) is 24.7 Å². The van der Waals surface area contributed by atoms with Gasteiger partial charge in [0.1, 0.15) is 5.82 Å². The number of nitrogens with one attached hydrogen (secondary N) is 1. The lowest BCUT2D eigenvalue weighted by molar-refractivity contribution is 0.839. The van der Waals surface area contributed by atoms with E-state index in [9.17, 15) is 0 Å². The first-order valence-corrected chi connectivity index (χ1v) is 6.85. The minimum atomic E-state index is -1.63. The fourth-order valence-corrected chi connectivity index (χ4v) is 1.59. The van der Waals surface area contributed by atoms with Gasteiger partial charge < -0.3 is 5.32 Å². The van der Waals surface area contributed by atoms with Gasteiger partial charge in [-0.15, -0.1) is 0 Å². The van der Waals surface area contributed by atoms with Crippen LogP contribution in [0.15, 0.2) is 0 Å². The van der Waals surface area contributed by atoms with Gasteiger partial charge in [-0.3, -0.25) is 0 Å². The summed E-state index contributed by atoms with van der Waals surface area (Å²) in [4.78, 5) is 12.3. The van der Waals surface area contributed by atoms with Crippen LogP contribution >= 0.6 is 50.7 Å². The maximum absolute atomic E-state index is 5.74. The van der Waals surface area contributed by atoms with E-state index >= 15 is 0 Å². The molecular formula is C8H10BrCl3N4. The maximum Gasteiger partial charge on any atom is 0.250 e. The Hall–Kier alpha value is 0.160. The van der Waals surface area contributed by atoms with Crippen molar-refractivity contribution < 1.29 is 0 Å². The molecule has 4 nitrogen and oxygen atoms in total. The number of aromatic nitrogens is 3. The second-order valence-corrected chi connectivity index (χ2v) is 5.94. The molecule has 0 aliphatic carbocycles. The summed E-state index contributed by atoms with van der Waals surface area (Å²) in [5, 5.41) is 3.70. The third kappa shape index (κ3) is 4.20. The molecule has 16 heavy (non-hydrogen) atoms. The Kier molecular flexibility index (Phi) is 5.50. The summed E-state index contributed by atoms with van der Waals surface area (Å²) >= 11 is 20.5. The molecule has 0 aliphatic rings. The summed E-state index contributed by atoms with van der Waals surface area (Å²) in [5.41, 5.74) is 0. The predicted molar refractivity (Wildman–Crippen MR) is 70.7 cm³/mol.